The van der Waals surface area contributed by atoms with Crippen LogP contribution in [0, 0.1) is 4.91 Å². The predicted molar refractivity (Wildman–Crippen MR) is 37.9 cm³/mol. The molecule has 0 unspecified atom stereocenters. The molecule has 0 radical (unpaired) electrons. The summed E-state index contributed by atoms with van der Waals surface area (Å²) in [7, 11) is 0. The third kappa shape index (κ3) is 2.44. The largest absolute Gasteiger partial charge is 0.256 e. The molecule has 0 rings (SSSR count). The van der Waals surface area contributed by atoms with Crippen LogP contribution in [-0.4, -0.2) is 17.1 Å². The predicted octanol–water partition coefficient (Wildman–Crippen LogP) is 1.79. The van der Waals surface area contributed by atoms with Crippen LogP contribution in [0.4, 0.5) is 0 Å². The Morgan fingerprint density at radius 1 is 1.44 bits per heavy atom. The van der Waals surface area contributed by atoms with E-state index < -0.39 is 0 Å². The van der Waals surface area contributed by atoms with Crippen LogP contribution in [0.5, 0.6) is 0 Å². The SMILES string of the molecule is CCN(N=O)C(C)(C)C. The molecule has 0 aliphatic rings. The average molecular weight is 130 g/mol. The first-order valence-electron chi connectivity index (χ1n) is 3.13. The van der Waals surface area contributed by atoms with E-state index in [-0.39, 0.29) is 5.54 Å². The highest BCUT2D eigenvalue weighted by atomic mass is 16.3. The topological polar surface area (TPSA) is 32.7 Å². The van der Waals surface area contributed by atoms with Gasteiger partial charge in [-0.05, 0) is 27.7 Å². The van der Waals surface area contributed by atoms with E-state index in [1.54, 1.807) is 0 Å². The summed E-state index contributed by atoms with van der Waals surface area (Å²) in [4.78, 5) is 10.1. The minimum absolute atomic E-state index is 0.128. The van der Waals surface area contributed by atoms with Gasteiger partial charge in [-0.1, -0.05) is 0 Å². The van der Waals surface area contributed by atoms with Crippen LogP contribution in [0.15, 0.2) is 5.29 Å². The molecular formula is C6H14N2O. The molecule has 0 heterocycles. The highest BCUT2D eigenvalue weighted by molar-refractivity contribution is 4.70. The zero-order valence-electron chi connectivity index (χ0n) is 6.51. The van der Waals surface area contributed by atoms with Gasteiger partial charge in [0.2, 0.25) is 0 Å². The maximum absolute atomic E-state index is 10.1. The van der Waals surface area contributed by atoms with Gasteiger partial charge in [0, 0.05) is 6.54 Å². The number of nitrogens with zero attached hydrogens (tertiary/aromatic N) is 2. The molecule has 0 amide bonds. The second kappa shape index (κ2) is 2.80. The van der Waals surface area contributed by atoms with Gasteiger partial charge in [-0.25, -0.2) is 0 Å². The lowest BCUT2D eigenvalue weighted by Crippen LogP contribution is -2.36. The molecule has 54 valence electrons. The molecule has 0 saturated carbocycles. The second-order valence-corrected chi connectivity index (χ2v) is 2.97. The van der Waals surface area contributed by atoms with Crippen molar-refractivity contribution in [3.05, 3.63) is 4.91 Å². The van der Waals surface area contributed by atoms with Crippen LogP contribution in [0.25, 0.3) is 0 Å². The Morgan fingerprint density at radius 3 is 1.89 bits per heavy atom. The molecule has 0 aliphatic carbocycles. The van der Waals surface area contributed by atoms with Crippen molar-refractivity contribution in [1.82, 2.24) is 5.01 Å². The van der Waals surface area contributed by atoms with Crippen molar-refractivity contribution >= 4 is 0 Å². The van der Waals surface area contributed by atoms with Gasteiger partial charge >= 0.3 is 0 Å². The Labute approximate surface area is 56.0 Å². The van der Waals surface area contributed by atoms with Crippen LogP contribution in [-0.2, 0) is 0 Å². The molecule has 0 N–H and O–H groups in total. The van der Waals surface area contributed by atoms with Gasteiger partial charge in [-0.2, -0.15) is 0 Å². The summed E-state index contributed by atoms with van der Waals surface area (Å²) in [5.41, 5.74) is -0.128. The van der Waals surface area contributed by atoms with E-state index in [1.165, 1.54) is 5.01 Å². The van der Waals surface area contributed by atoms with Crippen LogP contribution >= 0.6 is 0 Å². The Bertz CT molecular complexity index is 95.7. The Hall–Kier alpha value is -0.600. The molecule has 0 aromatic carbocycles. The molecule has 0 aromatic rings. The highest BCUT2D eigenvalue weighted by Crippen LogP contribution is 2.11. The summed E-state index contributed by atoms with van der Waals surface area (Å²) in [6.45, 7) is 8.45. The third-order valence-corrected chi connectivity index (χ3v) is 1.17. The minimum Gasteiger partial charge on any atom is -0.256 e. The fourth-order valence-electron chi connectivity index (χ4n) is 0.655. The molecule has 0 aliphatic heterocycles. The van der Waals surface area contributed by atoms with Gasteiger partial charge in [-0.3, -0.25) is 5.01 Å². The van der Waals surface area contributed by atoms with Crippen LogP contribution in [0.2, 0.25) is 0 Å². The summed E-state index contributed by atoms with van der Waals surface area (Å²) in [5, 5.41) is 4.37. The fourth-order valence-corrected chi connectivity index (χ4v) is 0.655. The Balaban J connectivity index is 3.94. The van der Waals surface area contributed by atoms with Gasteiger partial charge in [0.05, 0.1) is 10.8 Å². The first kappa shape index (κ1) is 8.40. The van der Waals surface area contributed by atoms with Crippen LogP contribution in [0.3, 0.4) is 0 Å². The van der Waals surface area contributed by atoms with Gasteiger partial charge in [0.1, 0.15) is 0 Å². The van der Waals surface area contributed by atoms with E-state index in [0.29, 0.717) is 6.54 Å². The molecule has 0 bridgehead atoms. The summed E-state index contributed by atoms with van der Waals surface area (Å²) >= 11 is 0. The second-order valence-electron chi connectivity index (χ2n) is 2.97. The van der Waals surface area contributed by atoms with Crippen molar-refractivity contribution in [2.45, 2.75) is 33.2 Å². The Morgan fingerprint density at radius 2 is 1.89 bits per heavy atom. The molecule has 9 heavy (non-hydrogen) atoms. The van der Waals surface area contributed by atoms with Crippen LogP contribution < -0.4 is 0 Å². The molecular weight excluding hydrogens is 116 g/mol. The lowest BCUT2D eigenvalue weighted by atomic mass is 10.1. The van der Waals surface area contributed by atoms with Crippen molar-refractivity contribution in [2.24, 2.45) is 5.29 Å². The van der Waals surface area contributed by atoms with Crippen molar-refractivity contribution in [3.8, 4) is 0 Å². The first-order chi connectivity index (χ1) is 4.02. The van der Waals surface area contributed by atoms with E-state index in [2.05, 4.69) is 5.29 Å². The number of hydrogen-bond acceptors (Lipinski definition) is 2. The molecule has 0 saturated heterocycles. The summed E-state index contributed by atoms with van der Waals surface area (Å²) in [5.74, 6) is 0. The lowest BCUT2D eigenvalue weighted by Gasteiger charge is -2.28. The van der Waals surface area contributed by atoms with E-state index in [9.17, 15) is 4.91 Å². The Kier molecular flexibility index (Phi) is 2.62. The van der Waals surface area contributed by atoms with Gasteiger partial charge in [-0.15, -0.1) is 4.91 Å². The quantitative estimate of drug-likeness (QED) is 0.421. The lowest BCUT2D eigenvalue weighted by molar-refractivity contribution is 0.148. The number of nitroso groups, excluding NO2 is 1. The highest BCUT2D eigenvalue weighted by Gasteiger charge is 2.18. The zero-order chi connectivity index (χ0) is 7.49. The zero-order valence-corrected chi connectivity index (χ0v) is 6.51. The van der Waals surface area contributed by atoms with Gasteiger partial charge in [0.25, 0.3) is 0 Å². The molecule has 0 spiro atoms. The molecule has 0 fully saturated rings. The first-order valence-corrected chi connectivity index (χ1v) is 3.13. The molecule has 3 nitrogen and oxygen atoms in total. The fraction of sp³-hybridized carbons (Fsp3) is 1.00. The van der Waals surface area contributed by atoms with E-state index in [4.69, 9.17) is 0 Å². The standard InChI is InChI=1S/C6H14N2O/c1-5-8(7-9)6(2,3)4/h5H2,1-4H3. The summed E-state index contributed by atoms with van der Waals surface area (Å²) in [6.07, 6.45) is 0. The molecule has 0 aromatic heterocycles. The van der Waals surface area contributed by atoms with Crippen molar-refractivity contribution < 1.29 is 0 Å². The van der Waals surface area contributed by atoms with E-state index in [1.807, 2.05) is 27.7 Å². The average Bonchev–Trinajstić information content (AvgIpc) is 1.65. The van der Waals surface area contributed by atoms with Crippen molar-refractivity contribution in [3.63, 3.8) is 0 Å². The summed E-state index contributed by atoms with van der Waals surface area (Å²) in [6, 6.07) is 0. The maximum atomic E-state index is 10.1. The van der Waals surface area contributed by atoms with E-state index >= 15 is 0 Å². The third-order valence-electron chi connectivity index (χ3n) is 1.17. The van der Waals surface area contributed by atoms with Gasteiger partial charge in [0.15, 0.2) is 0 Å². The molecule has 3 heteroatoms. The van der Waals surface area contributed by atoms with Crippen molar-refractivity contribution in [2.75, 3.05) is 6.54 Å². The summed E-state index contributed by atoms with van der Waals surface area (Å²) < 4.78 is 0. The molecule has 0 atom stereocenters. The van der Waals surface area contributed by atoms with Crippen molar-refractivity contribution in [1.29, 1.82) is 0 Å². The maximum Gasteiger partial charge on any atom is 0.0529 e. The minimum atomic E-state index is -0.128. The number of rotatable bonds is 2. The van der Waals surface area contributed by atoms with Gasteiger partial charge < -0.3 is 0 Å². The normalized spacial score (nSPS) is 11.1. The number of hydrogen-bond donors (Lipinski definition) is 0. The van der Waals surface area contributed by atoms with Crippen LogP contribution in [0.1, 0.15) is 27.7 Å². The smallest absolute Gasteiger partial charge is 0.0529 e. The monoisotopic (exact) mass is 130 g/mol. The van der Waals surface area contributed by atoms with E-state index in [0.717, 1.165) is 0 Å².